The lowest BCUT2D eigenvalue weighted by Gasteiger charge is -2.20. The molecule has 0 amide bonds. The van der Waals surface area contributed by atoms with E-state index in [4.69, 9.17) is 10.5 Å². The molecule has 2 aromatic rings. The van der Waals surface area contributed by atoms with Crippen LogP contribution < -0.4 is 10.5 Å². The van der Waals surface area contributed by atoms with Gasteiger partial charge in [0.25, 0.3) is 0 Å². The number of benzene rings is 1. The Morgan fingerprint density at radius 2 is 2.06 bits per heavy atom. The number of fused-ring (bicyclic) bond motifs is 1. The van der Waals surface area contributed by atoms with Gasteiger partial charge in [-0.05, 0) is 43.3 Å². The van der Waals surface area contributed by atoms with Crippen LogP contribution in [0.2, 0.25) is 0 Å². The molecule has 0 bridgehead atoms. The Balaban J connectivity index is 2.52. The molecule has 3 heteroatoms. The summed E-state index contributed by atoms with van der Waals surface area (Å²) in [5.74, 6) is 0.970. The van der Waals surface area contributed by atoms with E-state index in [-0.39, 0.29) is 5.54 Å². The van der Waals surface area contributed by atoms with Gasteiger partial charge in [-0.3, -0.25) is 0 Å². The fourth-order valence-electron chi connectivity index (χ4n) is 1.93. The number of thiophene rings is 1. The van der Waals surface area contributed by atoms with E-state index in [9.17, 15) is 0 Å². The quantitative estimate of drug-likeness (QED) is 0.886. The lowest BCUT2D eigenvalue weighted by atomic mass is 9.95. The number of ether oxygens (including phenoxy) is 1. The van der Waals surface area contributed by atoms with E-state index in [0.717, 1.165) is 12.2 Å². The second kappa shape index (κ2) is 4.07. The maximum absolute atomic E-state index is 6.06. The maximum atomic E-state index is 6.06. The molecule has 2 nitrogen and oxygen atoms in total. The summed E-state index contributed by atoms with van der Waals surface area (Å²) in [4.78, 5) is 0. The SMILES string of the molecule is COc1c(CC(C)(C)N)ccc2sccc12. The van der Waals surface area contributed by atoms with Crippen molar-refractivity contribution in [2.75, 3.05) is 7.11 Å². The van der Waals surface area contributed by atoms with Crippen molar-refractivity contribution in [2.45, 2.75) is 25.8 Å². The fraction of sp³-hybridized carbons (Fsp3) is 0.385. The van der Waals surface area contributed by atoms with Gasteiger partial charge >= 0.3 is 0 Å². The molecule has 0 fully saturated rings. The van der Waals surface area contributed by atoms with Crippen LogP contribution in [0.25, 0.3) is 10.1 Å². The lowest BCUT2D eigenvalue weighted by Crippen LogP contribution is -2.34. The molecular formula is C13H17NOS. The van der Waals surface area contributed by atoms with Crippen LogP contribution in [0.3, 0.4) is 0 Å². The van der Waals surface area contributed by atoms with Crippen LogP contribution in [0, 0.1) is 0 Å². The summed E-state index contributed by atoms with van der Waals surface area (Å²) in [6, 6.07) is 6.36. The van der Waals surface area contributed by atoms with Gasteiger partial charge in [0.1, 0.15) is 5.75 Å². The van der Waals surface area contributed by atoms with Crippen LogP contribution in [0.4, 0.5) is 0 Å². The van der Waals surface area contributed by atoms with Crippen molar-refractivity contribution < 1.29 is 4.74 Å². The standard InChI is InChI=1S/C13H17NOS/c1-13(2,14)8-9-4-5-11-10(6-7-16-11)12(9)15-3/h4-7H,8,14H2,1-3H3. The third-order valence-corrected chi connectivity index (χ3v) is 3.40. The van der Waals surface area contributed by atoms with E-state index < -0.39 is 0 Å². The molecular weight excluding hydrogens is 218 g/mol. The molecule has 0 radical (unpaired) electrons. The van der Waals surface area contributed by atoms with Crippen molar-refractivity contribution in [3.8, 4) is 5.75 Å². The van der Waals surface area contributed by atoms with Gasteiger partial charge < -0.3 is 10.5 Å². The number of rotatable bonds is 3. The Labute approximate surface area is 100 Å². The van der Waals surface area contributed by atoms with Crippen LogP contribution in [-0.4, -0.2) is 12.6 Å². The van der Waals surface area contributed by atoms with Crippen molar-refractivity contribution in [1.82, 2.24) is 0 Å². The number of methoxy groups -OCH3 is 1. The molecule has 0 saturated carbocycles. The molecule has 2 rings (SSSR count). The topological polar surface area (TPSA) is 35.2 Å². The Bertz CT molecular complexity index is 496. The van der Waals surface area contributed by atoms with Crippen molar-refractivity contribution in [2.24, 2.45) is 5.73 Å². The van der Waals surface area contributed by atoms with E-state index in [1.54, 1.807) is 18.4 Å². The van der Waals surface area contributed by atoms with E-state index in [2.05, 4.69) is 23.6 Å². The van der Waals surface area contributed by atoms with Crippen LogP contribution >= 0.6 is 11.3 Å². The summed E-state index contributed by atoms with van der Waals surface area (Å²) in [6.45, 7) is 4.06. The molecule has 16 heavy (non-hydrogen) atoms. The molecule has 2 N–H and O–H groups in total. The summed E-state index contributed by atoms with van der Waals surface area (Å²) < 4.78 is 6.77. The summed E-state index contributed by atoms with van der Waals surface area (Å²) in [5.41, 5.74) is 7.03. The average Bonchev–Trinajstić information content (AvgIpc) is 2.62. The van der Waals surface area contributed by atoms with E-state index in [1.165, 1.54) is 15.6 Å². The van der Waals surface area contributed by atoms with Gasteiger partial charge in [0.05, 0.1) is 7.11 Å². The van der Waals surface area contributed by atoms with Gasteiger partial charge in [0, 0.05) is 15.6 Å². The highest BCUT2D eigenvalue weighted by Gasteiger charge is 2.16. The maximum Gasteiger partial charge on any atom is 0.130 e. The van der Waals surface area contributed by atoms with Crippen molar-refractivity contribution in [3.05, 3.63) is 29.1 Å². The summed E-state index contributed by atoms with van der Waals surface area (Å²) >= 11 is 1.73. The van der Waals surface area contributed by atoms with Crippen LogP contribution in [-0.2, 0) is 6.42 Å². The molecule has 0 atom stereocenters. The van der Waals surface area contributed by atoms with Gasteiger partial charge in [-0.1, -0.05) is 6.07 Å². The highest BCUT2D eigenvalue weighted by molar-refractivity contribution is 7.17. The molecule has 0 saturated heterocycles. The first kappa shape index (κ1) is 11.4. The average molecular weight is 235 g/mol. The molecule has 0 spiro atoms. The minimum absolute atomic E-state index is 0.211. The van der Waals surface area contributed by atoms with Crippen molar-refractivity contribution >= 4 is 21.4 Å². The first-order chi connectivity index (χ1) is 7.51. The molecule has 86 valence electrons. The summed E-state index contributed by atoms with van der Waals surface area (Å²) in [7, 11) is 1.72. The molecule has 0 aliphatic heterocycles. The molecule has 0 unspecified atom stereocenters. The first-order valence-corrected chi connectivity index (χ1v) is 6.21. The smallest absolute Gasteiger partial charge is 0.130 e. The Morgan fingerprint density at radius 1 is 1.31 bits per heavy atom. The Hall–Kier alpha value is -1.06. The normalized spacial score (nSPS) is 12.0. The van der Waals surface area contributed by atoms with Gasteiger partial charge in [-0.15, -0.1) is 11.3 Å². The van der Waals surface area contributed by atoms with Gasteiger partial charge in [-0.2, -0.15) is 0 Å². The number of hydrogen-bond acceptors (Lipinski definition) is 3. The Kier molecular flexibility index (Phi) is 2.91. The van der Waals surface area contributed by atoms with Crippen LogP contribution in [0.1, 0.15) is 19.4 Å². The molecule has 0 aliphatic carbocycles. The van der Waals surface area contributed by atoms with Crippen LogP contribution in [0.15, 0.2) is 23.6 Å². The van der Waals surface area contributed by atoms with Gasteiger partial charge in [0.15, 0.2) is 0 Å². The zero-order chi connectivity index (χ0) is 11.8. The van der Waals surface area contributed by atoms with E-state index in [1.807, 2.05) is 13.8 Å². The van der Waals surface area contributed by atoms with E-state index >= 15 is 0 Å². The zero-order valence-electron chi connectivity index (χ0n) is 9.91. The third-order valence-electron chi connectivity index (χ3n) is 2.52. The zero-order valence-corrected chi connectivity index (χ0v) is 10.7. The molecule has 0 aliphatic rings. The summed E-state index contributed by atoms with van der Waals surface area (Å²) in [5, 5.41) is 3.28. The van der Waals surface area contributed by atoms with Gasteiger partial charge in [-0.25, -0.2) is 0 Å². The molecule has 1 aromatic heterocycles. The number of hydrogen-bond donors (Lipinski definition) is 1. The third kappa shape index (κ3) is 2.20. The highest BCUT2D eigenvalue weighted by atomic mass is 32.1. The van der Waals surface area contributed by atoms with E-state index in [0.29, 0.717) is 0 Å². The summed E-state index contributed by atoms with van der Waals surface area (Å²) in [6.07, 6.45) is 0.821. The fourth-order valence-corrected chi connectivity index (χ4v) is 2.72. The van der Waals surface area contributed by atoms with Crippen molar-refractivity contribution in [1.29, 1.82) is 0 Å². The molecule has 1 aromatic carbocycles. The Morgan fingerprint density at radius 3 is 2.69 bits per heavy atom. The second-order valence-corrected chi connectivity index (χ2v) is 5.70. The van der Waals surface area contributed by atoms with Crippen molar-refractivity contribution in [3.63, 3.8) is 0 Å². The highest BCUT2D eigenvalue weighted by Crippen LogP contribution is 2.34. The predicted molar refractivity (Wildman–Crippen MR) is 70.3 cm³/mol. The monoisotopic (exact) mass is 235 g/mol. The number of nitrogens with two attached hydrogens (primary N) is 1. The lowest BCUT2D eigenvalue weighted by molar-refractivity contribution is 0.407. The predicted octanol–water partition coefficient (Wildman–Crippen LogP) is 3.19. The van der Waals surface area contributed by atoms with Crippen LogP contribution in [0.5, 0.6) is 5.75 Å². The minimum Gasteiger partial charge on any atom is -0.496 e. The second-order valence-electron chi connectivity index (χ2n) is 4.76. The largest absolute Gasteiger partial charge is 0.496 e. The molecule has 1 heterocycles. The van der Waals surface area contributed by atoms with Gasteiger partial charge in [0.2, 0.25) is 0 Å². The first-order valence-electron chi connectivity index (χ1n) is 5.33. The minimum atomic E-state index is -0.211.